The van der Waals surface area contributed by atoms with E-state index in [4.69, 9.17) is 0 Å². The third kappa shape index (κ3) is 3.06. The van der Waals surface area contributed by atoms with Gasteiger partial charge in [-0.25, -0.2) is 4.39 Å². The van der Waals surface area contributed by atoms with Crippen molar-refractivity contribution in [3.05, 3.63) is 35.6 Å². The Morgan fingerprint density at radius 3 is 2.69 bits per heavy atom. The van der Waals surface area contributed by atoms with E-state index >= 15 is 0 Å². The van der Waals surface area contributed by atoms with Crippen LogP contribution in [0, 0.1) is 5.82 Å². The fourth-order valence-corrected chi connectivity index (χ4v) is 1.28. The minimum Gasteiger partial charge on any atom is -0.855 e. The average molecular weight is 199 g/mol. The lowest BCUT2D eigenvalue weighted by Gasteiger charge is -2.07. The Balaban J connectivity index is 2.95. The maximum Gasteiger partial charge on any atom is 0.125 e. The fraction of sp³-hybridized carbons (Fsp3) is 0.222. The van der Waals surface area contributed by atoms with Crippen molar-refractivity contribution in [3.8, 4) is 0 Å². The fourth-order valence-electron chi connectivity index (χ4n) is 0.840. The van der Waals surface area contributed by atoms with E-state index in [0.717, 1.165) is 0 Å². The van der Waals surface area contributed by atoms with Crippen LogP contribution in [0.4, 0.5) is 4.39 Å². The molecule has 0 aliphatic heterocycles. The summed E-state index contributed by atoms with van der Waals surface area (Å²) in [4.78, 5) is 0. The van der Waals surface area contributed by atoms with Gasteiger partial charge in [-0.2, -0.15) is 0 Å². The minimum atomic E-state index is -0.409. The summed E-state index contributed by atoms with van der Waals surface area (Å²) in [5.41, 5.74) is 0.307. The van der Waals surface area contributed by atoms with Gasteiger partial charge in [0.25, 0.3) is 0 Å². The summed E-state index contributed by atoms with van der Waals surface area (Å²) in [6.45, 7) is 0. The van der Waals surface area contributed by atoms with Crippen LogP contribution in [0.5, 0.6) is 0 Å². The van der Waals surface area contributed by atoms with Gasteiger partial charge in [-0.15, -0.1) is 0 Å². The molecule has 0 bridgehead atoms. The molecule has 0 amide bonds. The zero-order valence-corrected chi connectivity index (χ0v) is 8.27. The van der Waals surface area contributed by atoms with Crippen LogP contribution in [0.1, 0.15) is 5.56 Å². The highest BCUT2D eigenvalue weighted by Gasteiger charge is 2.00. The topological polar surface area (TPSA) is 35.4 Å². The first-order chi connectivity index (χ1) is 6.09. The van der Waals surface area contributed by atoms with Gasteiger partial charge >= 0.3 is 0 Å². The molecule has 0 saturated carbocycles. The lowest BCUT2D eigenvalue weighted by Crippen LogP contribution is -2.20. The molecule has 0 fully saturated rings. The number of rotatable bonds is 2. The van der Waals surface area contributed by atoms with E-state index in [1.54, 1.807) is 6.07 Å². The minimum absolute atomic E-state index is 0.300. The van der Waals surface area contributed by atoms with Gasteiger partial charge in [0.05, 0.1) is 0 Å². The smallest absolute Gasteiger partial charge is 0.125 e. The van der Waals surface area contributed by atoms with Crippen molar-refractivity contribution >= 4 is 17.0 Å². The second-order valence-electron chi connectivity index (χ2n) is 2.68. The first-order valence-electron chi connectivity index (χ1n) is 3.69. The van der Waals surface area contributed by atoms with Crippen LogP contribution >= 0.6 is 0 Å². The van der Waals surface area contributed by atoms with Gasteiger partial charge in [0.15, 0.2) is 0 Å². The van der Waals surface area contributed by atoms with E-state index in [1.165, 1.54) is 18.2 Å². The normalized spacial score (nSPS) is 12.2. The lowest BCUT2D eigenvalue weighted by atomic mass is 10.2. The van der Waals surface area contributed by atoms with E-state index in [1.807, 2.05) is 12.5 Å². The summed E-state index contributed by atoms with van der Waals surface area (Å²) in [6.07, 6.45) is 3.66. The highest BCUT2D eigenvalue weighted by molar-refractivity contribution is 7.94. The second kappa shape index (κ2) is 4.28. The summed E-state index contributed by atoms with van der Waals surface area (Å²) in [7, 11) is 0. The highest BCUT2D eigenvalue weighted by Crippen LogP contribution is 2.03. The van der Waals surface area contributed by atoms with Crippen LogP contribution in [-0.2, 0) is 11.1 Å². The molecule has 0 aliphatic rings. The van der Waals surface area contributed by atoms with Crippen LogP contribution in [0.25, 0.3) is 0 Å². The van der Waals surface area contributed by atoms with Crippen LogP contribution in [0.3, 0.4) is 0 Å². The molecule has 0 saturated heterocycles. The van der Waals surface area contributed by atoms with E-state index in [2.05, 4.69) is 4.40 Å². The van der Waals surface area contributed by atoms with E-state index in [9.17, 15) is 9.50 Å². The van der Waals surface area contributed by atoms with E-state index < -0.39 is 5.82 Å². The van der Waals surface area contributed by atoms with E-state index in [-0.39, 0.29) is 17.0 Å². The monoisotopic (exact) mass is 199 g/mol. The molecule has 1 aromatic carbocycles. The number of halogens is 1. The van der Waals surface area contributed by atoms with Crippen LogP contribution in [-0.4, -0.2) is 18.4 Å². The molecule has 0 radical (unpaired) electrons. The van der Waals surface area contributed by atoms with Crippen LogP contribution in [0.15, 0.2) is 28.7 Å². The van der Waals surface area contributed by atoms with Gasteiger partial charge in [-0.3, -0.25) is 0 Å². The van der Waals surface area contributed by atoms with Crippen molar-refractivity contribution < 1.29 is 9.50 Å². The average Bonchev–Trinajstić information content (AvgIpc) is 2.03. The Kier molecular flexibility index (Phi) is 3.31. The molecule has 0 aliphatic carbocycles. The van der Waals surface area contributed by atoms with Crippen molar-refractivity contribution in [2.24, 2.45) is 4.40 Å². The van der Waals surface area contributed by atoms with E-state index in [0.29, 0.717) is 5.56 Å². The molecule has 4 heteroatoms. The lowest BCUT2D eigenvalue weighted by molar-refractivity contribution is -0.212. The molecule has 0 heterocycles. The van der Waals surface area contributed by atoms with Crippen molar-refractivity contribution in [1.29, 1.82) is 0 Å². The largest absolute Gasteiger partial charge is 0.855 e. The molecule has 0 unspecified atom stereocenters. The Bertz CT molecular complexity index is 325. The van der Waals surface area contributed by atoms with Gasteiger partial charge in [-0.1, -0.05) is 16.5 Å². The van der Waals surface area contributed by atoms with Gasteiger partial charge in [-0.05, 0) is 17.7 Å². The van der Waals surface area contributed by atoms with Gasteiger partial charge in [0.1, 0.15) is 29.4 Å². The number of nitrogens with zero attached hydrogens (tertiary/aromatic N) is 1. The summed E-state index contributed by atoms with van der Waals surface area (Å²) < 4.78 is 16.5. The highest BCUT2D eigenvalue weighted by atomic mass is 32.2. The Morgan fingerprint density at radius 2 is 2.15 bits per heavy atom. The first kappa shape index (κ1) is 10.1. The molecule has 13 heavy (non-hydrogen) atoms. The SMILES string of the molecule is C[S+](C)/N=C(/[O-])c1cccc(F)c1. The molecule has 0 atom stereocenters. The Labute approximate surface area is 79.6 Å². The number of hydrogen-bond acceptors (Lipinski definition) is 2. The zero-order valence-electron chi connectivity index (χ0n) is 7.45. The third-order valence-electron chi connectivity index (χ3n) is 1.34. The molecule has 0 N–H and O–H groups in total. The quantitative estimate of drug-likeness (QED) is 0.393. The number of hydrogen-bond donors (Lipinski definition) is 0. The maximum absolute atomic E-state index is 12.7. The molecule has 0 aromatic heterocycles. The van der Waals surface area contributed by atoms with Crippen LogP contribution in [0.2, 0.25) is 0 Å². The van der Waals surface area contributed by atoms with Crippen molar-refractivity contribution in [1.82, 2.24) is 0 Å². The van der Waals surface area contributed by atoms with Gasteiger partial charge in [0, 0.05) is 5.90 Å². The number of benzene rings is 1. The predicted octanol–water partition coefficient (Wildman–Crippen LogP) is 0.725. The first-order valence-corrected chi connectivity index (χ1v) is 5.69. The molecular formula is C9H10FNOS. The molecule has 1 aromatic rings. The molecule has 1 rings (SSSR count). The Morgan fingerprint density at radius 1 is 1.46 bits per heavy atom. The second-order valence-corrected chi connectivity index (χ2v) is 4.41. The van der Waals surface area contributed by atoms with Gasteiger partial charge < -0.3 is 5.11 Å². The van der Waals surface area contributed by atoms with Crippen molar-refractivity contribution in [2.45, 2.75) is 0 Å². The zero-order chi connectivity index (χ0) is 9.84. The summed E-state index contributed by atoms with van der Waals surface area (Å²) >= 11 is -0.300. The summed E-state index contributed by atoms with van der Waals surface area (Å²) in [6, 6.07) is 5.55. The molecule has 70 valence electrons. The molecular weight excluding hydrogens is 189 g/mol. The Hall–Kier alpha value is -1.03. The summed E-state index contributed by atoms with van der Waals surface area (Å²) in [5, 5.41) is 11.3. The molecule has 2 nitrogen and oxygen atoms in total. The maximum atomic E-state index is 12.7. The standard InChI is InChI=1S/C9H10FNOS/c1-13(2)11-9(12)7-4-3-5-8(10)6-7/h3-6H,1-2H3. The predicted molar refractivity (Wildman–Crippen MR) is 52.2 cm³/mol. The summed E-state index contributed by atoms with van der Waals surface area (Å²) in [5.74, 6) is -0.763. The van der Waals surface area contributed by atoms with Crippen LogP contribution < -0.4 is 5.11 Å². The third-order valence-corrected chi connectivity index (χ3v) is 1.87. The molecule has 0 spiro atoms. The van der Waals surface area contributed by atoms with Gasteiger partial charge in [0.2, 0.25) is 0 Å². The van der Waals surface area contributed by atoms with Crippen molar-refractivity contribution in [3.63, 3.8) is 0 Å². The van der Waals surface area contributed by atoms with Crippen molar-refractivity contribution in [2.75, 3.05) is 12.5 Å².